The van der Waals surface area contributed by atoms with Crippen molar-refractivity contribution < 1.29 is 4.74 Å². The second kappa shape index (κ2) is 3.44. The second-order valence-electron chi connectivity index (χ2n) is 2.48. The first-order valence-electron chi connectivity index (χ1n) is 3.04. The minimum atomic E-state index is 0.170. The summed E-state index contributed by atoms with van der Waals surface area (Å²) in [4.78, 5) is 0. The van der Waals surface area contributed by atoms with Gasteiger partial charge in [0.2, 0.25) is 0 Å². The van der Waals surface area contributed by atoms with Crippen molar-refractivity contribution in [3.8, 4) is 0 Å². The lowest BCUT2D eigenvalue weighted by molar-refractivity contribution is 0.0112. The molecule has 0 aromatic heterocycles. The molecule has 1 atom stereocenters. The van der Waals surface area contributed by atoms with Crippen molar-refractivity contribution in [1.82, 2.24) is 0 Å². The van der Waals surface area contributed by atoms with E-state index in [0.717, 1.165) is 16.8 Å². The molecule has 1 unspecified atom stereocenters. The minimum Gasteiger partial charge on any atom is -0.373 e. The summed E-state index contributed by atoms with van der Waals surface area (Å²) in [6.45, 7) is 3.12. The third-order valence-corrected chi connectivity index (χ3v) is 4.25. The molecule has 1 heterocycles. The van der Waals surface area contributed by atoms with Crippen molar-refractivity contribution in [2.45, 2.75) is 12.5 Å². The number of halogens is 1. The molecule has 1 fully saturated rings. The number of alkyl halides is 1. The van der Waals surface area contributed by atoms with Crippen LogP contribution in [-0.4, -0.2) is 28.1 Å². The van der Waals surface area contributed by atoms with Crippen LogP contribution in [0, 0.1) is 0 Å². The quantitative estimate of drug-likeness (QED) is 0.525. The van der Waals surface area contributed by atoms with Gasteiger partial charge >= 0.3 is 0 Å². The van der Waals surface area contributed by atoms with Gasteiger partial charge in [0.15, 0.2) is 0 Å². The van der Waals surface area contributed by atoms with Crippen LogP contribution in [0.15, 0.2) is 0 Å². The largest absolute Gasteiger partial charge is 0.373 e. The Balaban J connectivity index is 2.37. The molecule has 1 rings (SSSR count). The van der Waals surface area contributed by atoms with Crippen molar-refractivity contribution >= 4 is 34.4 Å². The highest BCUT2D eigenvalue weighted by Gasteiger charge is 2.26. The van der Waals surface area contributed by atoms with Crippen LogP contribution in [0.25, 0.3) is 0 Å². The summed E-state index contributed by atoms with van der Waals surface area (Å²) >= 11 is 4.38. The molecule has 1 aliphatic rings. The van der Waals surface area contributed by atoms with Crippen LogP contribution in [-0.2, 0) is 4.74 Å². The molecular weight excluding hydrogens is 247 g/mol. The number of hydrogen-bond acceptors (Lipinski definition) is 2. The Kier molecular flexibility index (Phi) is 3.11. The summed E-state index contributed by atoms with van der Waals surface area (Å²) in [6.07, 6.45) is 0. The molecule has 0 aromatic rings. The molecule has 0 bridgehead atoms. The van der Waals surface area contributed by atoms with Gasteiger partial charge in [-0.3, -0.25) is 0 Å². The normalized spacial score (nSPS) is 36.7. The van der Waals surface area contributed by atoms with Crippen molar-refractivity contribution in [3.63, 3.8) is 0 Å². The van der Waals surface area contributed by atoms with E-state index in [9.17, 15) is 0 Å². The highest BCUT2D eigenvalue weighted by molar-refractivity contribution is 14.1. The SMILES string of the molecule is CC1(CI)CSCCO1. The van der Waals surface area contributed by atoms with Crippen LogP contribution in [0.1, 0.15) is 6.92 Å². The highest BCUT2D eigenvalue weighted by atomic mass is 127. The van der Waals surface area contributed by atoms with E-state index in [1.807, 2.05) is 11.8 Å². The van der Waals surface area contributed by atoms with Crippen LogP contribution in [0.3, 0.4) is 0 Å². The Morgan fingerprint density at radius 3 is 2.89 bits per heavy atom. The van der Waals surface area contributed by atoms with Gasteiger partial charge in [-0.1, -0.05) is 22.6 Å². The van der Waals surface area contributed by atoms with Gasteiger partial charge in [0.05, 0.1) is 12.2 Å². The monoisotopic (exact) mass is 258 g/mol. The fraction of sp³-hybridized carbons (Fsp3) is 1.00. The zero-order chi connectivity index (χ0) is 6.74. The van der Waals surface area contributed by atoms with Crippen molar-refractivity contribution in [1.29, 1.82) is 0 Å². The van der Waals surface area contributed by atoms with Crippen LogP contribution in [0.5, 0.6) is 0 Å². The average molecular weight is 258 g/mol. The molecule has 0 aromatic carbocycles. The van der Waals surface area contributed by atoms with E-state index in [1.54, 1.807) is 0 Å². The van der Waals surface area contributed by atoms with E-state index in [4.69, 9.17) is 4.74 Å². The van der Waals surface area contributed by atoms with Gasteiger partial charge in [-0.15, -0.1) is 0 Å². The minimum absolute atomic E-state index is 0.170. The standard InChI is InChI=1S/C6H11IOS/c1-6(4-7)5-9-3-2-8-6/h2-5H2,1H3. The van der Waals surface area contributed by atoms with Gasteiger partial charge in [-0.2, -0.15) is 11.8 Å². The summed E-state index contributed by atoms with van der Waals surface area (Å²) < 4.78 is 6.70. The topological polar surface area (TPSA) is 9.23 Å². The lowest BCUT2D eigenvalue weighted by Gasteiger charge is -2.31. The van der Waals surface area contributed by atoms with Crippen molar-refractivity contribution in [2.24, 2.45) is 0 Å². The van der Waals surface area contributed by atoms with E-state index in [0.29, 0.717) is 0 Å². The molecule has 1 aliphatic heterocycles. The summed E-state index contributed by atoms with van der Waals surface area (Å²) in [5.41, 5.74) is 0.170. The van der Waals surface area contributed by atoms with Gasteiger partial charge < -0.3 is 4.74 Å². The third kappa shape index (κ3) is 2.27. The summed E-state index contributed by atoms with van der Waals surface area (Å²) in [6, 6.07) is 0. The zero-order valence-electron chi connectivity index (χ0n) is 5.52. The van der Waals surface area contributed by atoms with Crippen LogP contribution in [0.2, 0.25) is 0 Å². The first kappa shape index (κ1) is 8.14. The Morgan fingerprint density at radius 2 is 2.56 bits per heavy atom. The fourth-order valence-corrected chi connectivity index (χ4v) is 2.57. The van der Waals surface area contributed by atoms with E-state index >= 15 is 0 Å². The molecule has 0 spiro atoms. The molecule has 0 saturated carbocycles. The number of rotatable bonds is 1. The maximum Gasteiger partial charge on any atom is 0.0833 e. The van der Waals surface area contributed by atoms with E-state index in [2.05, 4.69) is 29.5 Å². The lowest BCUT2D eigenvalue weighted by atomic mass is 10.2. The predicted octanol–water partition coefficient (Wildman–Crippen LogP) is 1.94. The highest BCUT2D eigenvalue weighted by Crippen LogP contribution is 2.24. The van der Waals surface area contributed by atoms with Crippen molar-refractivity contribution in [2.75, 3.05) is 22.5 Å². The van der Waals surface area contributed by atoms with E-state index < -0.39 is 0 Å². The smallest absolute Gasteiger partial charge is 0.0833 e. The maximum atomic E-state index is 5.59. The zero-order valence-corrected chi connectivity index (χ0v) is 8.50. The fourth-order valence-electron chi connectivity index (χ4n) is 0.754. The summed E-state index contributed by atoms with van der Waals surface area (Å²) in [5.74, 6) is 2.34. The summed E-state index contributed by atoms with van der Waals surface area (Å²) in [5, 5.41) is 0. The molecule has 1 nitrogen and oxygen atoms in total. The molecule has 0 N–H and O–H groups in total. The van der Waals surface area contributed by atoms with Crippen LogP contribution < -0.4 is 0 Å². The van der Waals surface area contributed by atoms with Crippen molar-refractivity contribution in [3.05, 3.63) is 0 Å². The van der Waals surface area contributed by atoms with E-state index in [-0.39, 0.29) is 5.60 Å². The maximum absolute atomic E-state index is 5.59. The van der Waals surface area contributed by atoms with Crippen LogP contribution in [0.4, 0.5) is 0 Å². The molecule has 3 heteroatoms. The van der Waals surface area contributed by atoms with Gasteiger partial charge in [-0.05, 0) is 6.92 Å². The Hall–Kier alpha value is 1.04. The Morgan fingerprint density at radius 1 is 1.78 bits per heavy atom. The number of ether oxygens (including phenoxy) is 1. The van der Waals surface area contributed by atoms with Gasteiger partial charge in [-0.25, -0.2) is 0 Å². The predicted molar refractivity (Wildman–Crippen MR) is 50.6 cm³/mol. The molecule has 1 saturated heterocycles. The molecule has 9 heavy (non-hydrogen) atoms. The Labute approximate surface area is 74.1 Å². The first-order valence-corrected chi connectivity index (χ1v) is 5.72. The third-order valence-electron chi connectivity index (χ3n) is 1.37. The molecule has 54 valence electrons. The second-order valence-corrected chi connectivity index (χ2v) is 4.35. The lowest BCUT2D eigenvalue weighted by Crippen LogP contribution is -2.37. The van der Waals surface area contributed by atoms with E-state index in [1.165, 1.54) is 5.75 Å². The molecule has 0 amide bonds. The molecule has 0 radical (unpaired) electrons. The molecular formula is C6H11IOS. The Bertz CT molecular complexity index is 91.1. The molecule has 0 aliphatic carbocycles. The first-order chi connectivity index (χ1) is 4.27. The average Bonchev–Trinajstić information content (AvgIpc) is 1.90. The summed E-state index contributed by atoms with van der Waals surface area (Å²) in [7, 11) is 0. The van der Waals surface area contributed by atoms with Gasteiger partial charge in [0, 0.05) is 15.9 Å². The number of thioether (sulfide) groups is 1. The number of hydrogen-bond donors (Lipinski definition) is 0. The van der Waals surface area contributed by atoms with Crippen LogP contribution >= 0.6 is 34.4 Å². The van der Waals surface area contributed by atoms with Gasteiger partial charge in [0.25, 0.3) is 0 Å². The van der Waals surface area contributed by atoms with Gasteiger partial charge in [0.1, 0.15) is 0 Å².